The minimum atomic E-state index is -1.23. The Morgan fingerprint density at radius 3 is 2.59 bits per heavy atom. The third-order valence-corrected chi connectivity index (χ3v) is 2.61. The van der Waals surface area contributed by atoms with Gasteiger partial charge in [0.1, 0.15) is 5.82 Å². The van der Waals surface area contributed by atoms with Gasteiger partial charge in [0, 0.05) is 11.6 Å². The van der Waals surface area contributed by atoms with E-state index in [-0.39, 0.29) is 27.1 Å². The number of benzene rings is 1. The Balaban J connectivity index is 2.52. The fourth-order valence-electron chi connectivity index (χ4n) is 1.21. The van der Waals surface area contributed by atoms with Crippen LogP contribution in [0, 0.1) is 5.82 Å². The molecule has 0 atom stereocenters. The lowest BCUT2D eigenvalue weighted by Crippen LogP contribution is -1.94. The van der Waals surface area contributed by atoms with E-state index in [1.807, 2.05) is 0 Å². The minimum Gasteiger partial charge on any atom is -0.476 e. The molecule has 0 aliphatic rings. The monoisotopic (exact) mass is 275 g/mol. The average Bonchev–Trinajstić information content (AvgIpc) is 2.72. The summed E-state index contributed by atoms with van der Waals surface area (Å²) in [6, 6.07) is 3.44. The molecule has 2 aromatic rings. The lowest BCUT2D eigenvalue weighted by molar-refractivity contribution is 0.0686. The molecule has 1 aromatic carbocycles. The molecule has 1 heterocycles. The van der Waals surface area contributed by atoms with Crippen LogP contribution in [0.4, 0.5) is 4.39 Å². The third-order valence-electron chi connectivity index (χ3n) is 2.00. The summed E-state index contributed by atoms with van der Waals surface area (Å²) in [5.74, 6) is -1.79. The maximum Gasteiger partial charge on any atom is 0.358 e. The number of nitrogens with zero attached hydrogens (tertiary/aromatic N) is 1. The number of carboxylic acid groups (broad SMARTS) is 1. The van der Waals surface area contributed by atoms with Crippen LogP contribution in [0.1, 0.15) is 10.5 Å². The van der Waals surface area contributed by atoms with Gasteiger partial charge in [-0.15, -0.1) is 0 Å². The summed E-state index contributed by atoms with van der Waals surface area (Å²) in [5.41, 5.74) is 0.00887. The van der Waals surface area contributed by atoms with Gasteiger partial charge in [0.05, 0.1) is 10.0 Å². The standard InChI is InChI=1S/C10H4Cl2FNO3/c11-5-2-7(13)6(12)1-4(5)9-3-8(10(15)16)14-17-9/h1-3H,(H,15,16). The molecule has 0 saturated heterocycles. The Labute approximate surface area is 105 Å². The van der Waals surface area contributed by atoms with E-state index >= 15 is 0 Å². The number of hydrogen-bond donors (Lipinski definition) is 1. The molecule has 0 aliphatic carbocycles. The van der Waals surface area contributed by atoms with Crippen molar-refractivity contribution in [1.29, 1.82) is 0 Å². The first-order valence-electron chi connectivity index (χ1n) is 4.34. The fraction of sp³-hybridized carbons (Fsp3) is 0. The molecule has 0 saturated carbocycles. The van der Waals surface area contributed by atoms with Crippen molar-refractivity contribution < 1.29 is 18.8 Å². The van der Waals surface area contributed by atoms with Gasteiger partial charge in [0.2, 0.25) is 0 Å². The van der Waals surface area contributed by atoms with Crippen LogP contribution in [0.2, 0.25) is 10.0 Å². The number of halogens is 3. The Bertz CT molecular complexity index is 597. The SMILES string of the molecule is O=C(O)c1cc(-c2cc(Cl)c(F)cc2Cl)on1. The van der Waals surface area contributed by atoms with Gasteiger partial charge in [0.25, 0.3) is 0 Å². The van der Waals surface area contributed by atoms with E-state index in [0.717, 1.165) is 6.07 Å². The fourth-order valence-corrected chi connectivity index (χ4v) is 1.62. The topological polar surface area (TPSA) is 63.3 Å². The molecule has 0 unspecified atom stereocenters. The normalized spacial score (nSPS) is 10.5. The van der Waals surface area contributed by atoms with E-state index in [1.165, 1.54) is 12.1 Å². The van der Waals surface area contributed by atoms with Crippen molar-refractivity contribution in [3.8, 4) is 11.3 Å². The smallest absolute Gasteiger partial charge is 0.358 e. The van der Waals surface area contributed by atoms with E-state index in [9.17, 15) is 9.18 Å². The Morgan fingerprint density at radius 2 is 2.00 bits per heavy atom. The second-order valence-corrected chi connectivity index (χ2v) is 3.94. The molecule has 4 nitrogen and oxygen atoms in total. The number of aromatic carboxylic acids is 1. The van der Waals surface area contributed by atoms with Crippen molar-refractivity contribution in [3.05, 3.63) is 39.8 Å². The maximum atomic E-state index is 13.1. The average molecular weight is 276 g/mol. The number of rotatable bonds is 2. The van der Waals surface area contributed by atoms with E-state index in [0.29, 0.717) is 0 Å². The predicted octanol–water partition coefficient (Wildman–Crippen LogP) is 3.49. The molecule has 0 aliphatic heterocycles. The predicted molar refractivity (Wildman–Crippen MR) is 58.9 cm³/mol. The second-order valence-electron chi connectivity index (χ2n) is 3.13. The molecule has 1 N–H and O–H groups in total. The molecule has 1 aromatic heterocycles. The number of aromatic nitrogens is 1. The summed E-state index contributed by atoms with van der Waals surface area (Å²) in [6.45, 7) is 0. The van der Waals surface area contributed by atoms with Crippen molar-refractivity contribution >= 4 is 29.2 Å². The van der Waals surface area contributed by atoms with E-state index in [2.05, 4.69) is 5.16 Å². The maximum absolute atomic E-state index is 13.1. The number of carboxylic acids is 1. The molecule has 0 amide bonds. The molecular formula is C10H4Cl2FNO3. The Morgan fingerprint density at radius 1 is 1.29 bits per heavy atom. The van der Waals surface area contributed by atoms with Crippen LogP contribution < -0.4 is 0 Å². The van der Waals surface area contributed by atoms with Gasteiger partial charge in [-0.25, -0.2) is 9.18 Å². The number of carbonyl (C=O) groups is 1. The highest BCUT2D eigenvalue weighted by Gasteiger charge is 2.16. The van der Waals surface area contributed by atoms with Gasteiger partial charge in [-0.2, -0.15) is 0 Å². The Hall–Kier alpha value is -1.59. The third kappa shape index (κ3) is 2.25. The number of hydrogen-bond acceptors (Lipinski definition) is 3. The second kappa shape index (κ2) is 4.35. The van der Waals surface area contributed by atoms with Crippen molar-refractivity contribution in [2.45, 2.75) is 0 Å². The summed E-state index contributed by atoms with van der Waals surface area (Å²) in [7, 11) is 0. The zero-order valence-corrected chi connectivity index (χ0v) is 9.59. The first-order valence-corrected chi connectivity index (χ1v) is 5.09. The van der Waals surface area contributed by atoms with Crippen molar-refractivity contribution in [2.75, 3.05) is 0 Å². The van der Waals surface area contributed by atoms with E-state index < -0.39 is 11.8 Å². The molecule has 0 fully saturated rings. The summed E-state index contributed by atoms with van der Waals surface area (Å²) < 4.78 is 17.8. The summed E-state index contributed by atoms with van der Waals surface area (Å²) in [6.07, 6.45) is 0. The summed E-state index contributed by atoms with van der Waals surface area (Å²) in [5, 5.41) is 11.9. The van der Waals surface area contributed by atoms with Crippen LogP contribution >= 0.6 is 23.2 Å². The van der Waals surface area contributed by atoms with Crippen LogP contribution in [0.5, 0.6) is 0 Å². The van der Waals surface area contributed by atoms with Crippen LogP contribution in [-0.2, 0) is 0 Å². The van der Waals surface area contributed by atoms with Crippen LogP contribution in [0.3, 0.4) is 0 Å². The van der Waals surface area contributed by atoms with Crippen molar-refractivity contribution in [2.24, 2.45) is 0 Å². The van der Waals surface area contributed by atoms with Gasteiger partial charge < -0.3 is 9.63 Å². The van der Waals surface area contributed by atoms with Gasteiger partial charge in [-0.3, -0.25) is 0 Å². The molecular weight excluding hydrogens is 272 g/mol. The van der Waals surface area contributed by atoms with E-state index in [1.54, 1.807) is 0 Å². The lowest BCUT2D eigenvalue weighted by atomic mass is 10.1. The Kier molecular flexibility index (Phi) is 3.04. The quantitative estimate of drug-likeness (QED) is 0.853. The summed E-state index contributed by atoms with van der Waals surface area (Å²) >= 11 is 11.4. The first kappa shape index (κ1) is 11.9. The molecule has 2 rings (SSSR count). The van der Waals surface area contributed by atoms with Gasteiger partial charge >= 0.3 is 5.97 Å². The zero-order chi connectivity index (χ0) is 12.6. The molecule has 88 valence electrons. The molecule has 0 bridgehead atoms. The van der Waals surface area contributed by atoms with E-state index in [4.69, 9.17) is 32.8 Å². The first-order chi connectivity index (χ1) is 7.99. The minimum absolute atomic E-state index is 0.0555. The van der Waals surface area contributed by atoms with Crippen molar-refractivity contribution in [3.63, 3.8) is 0 Å². The van der Waals surface area contributed by atoms with Crippen LogP contribution in [0.25, 0.3) is 11.3 Å². The highest BCUT2D eigenvalue weighted by molar-refractivity contribution is 6.35. The highest BCUT2D eigenvalue weighted by atomic mass is 35.5. The molecule has 7 heteroatoms. The highest BCUT2D eigenvalue weighted by Crippen LogP contribution is 2.32. The molecule has 17 heavy (non-hydrogen) atoms. The largest absolute Gasteiger partial charge is 0.476 e. The van der Waals surface area contributed by atoms with Crippen LogP contribution in [-0.4, -0.2) is 16.2 Å². The van der Waals surface area contributed by atoms with Gasteiger partial charge in [-0.1, -0.05) is 28.4 Å². The lowest BCUT2D eigenvalue weighted by Gasteiger charge is -2.01. The van der Waals surface area contributed by atoms with Crippen LogP contribution in [0.15, 0.2) is 22.7 Å². The molecule has 0 radical (unpaired) electrons. The van der Waals surface area contributed by atoms with Gasteiger partial charge in [-0.05, 0) is 12.1 Å². The van der Waals surface area contributed by atoms with Crippen molar-refractivity contribution in [1.82, 2.24) is 5.16 Å². The zero-order valence-electron chi connectivity index (χ0n) is 8.08. The summed E-state index contributed by atoms with van der Waals surface area (Å²) in [4.78, 5) is 10.6. The molecule has 0 spiro atoms. The van der Waals surface area contributed by atoms with Gasteiger partial charge in [0.15, 0.2) is 11.5 Å².